The van der Waals surface area contributed by atoms with E-state index in [9.17, 15) is 4.79 Å². The fraction of sp³-hybridized carbons (Fsp3) is 0.412. The number of nitrogens with one attached hydrogen (secondary N) is 2. The maximum atomic E-state index is 11.9. The molecule has 0 spiro atoms. The number of nitrogens with zero attached hydrogens (tertiary/aromatic N) is 2. The van der Waals surface area contributed by atoms with E-state index >= 15 is 0 Å². The topological polar surface area (TPSA) is 59.0 Å². The summed E-state index contributed by atoms with van der Waals surface area (Å²) in [7, 11) is 0. The molecule has 1 atom stereocenters. The van der Waals surface area contributed by atoms with Crippen LogP contribution >= 0.6 is 0 Å². The Morgan fingerprint density at radius 1 is 1.36 bits per heavy atom. The van der Waals surface area contributed by atoms with Gasteiger partial charge in [-0.05, 0) is 38.2 Å². The normalized spacial score (nSPS) is 15.4. The van der Waals surface area contributed by atoms with Crippen molar-refractivity contribution in [3.05, 3.63) is 47.7 Å². The minimum atomic E-state index is -0.174. The number of hydrogen-bond donors (Lipinski definition) is 2. The van der Waals surface area contributed by atoms with Crippen LogP contribution in [0, 0.1) is 12.8 Å². The van der Waals surface area contributed by atoms with Gasteiger partial charge in [0.1, 0.15) is 0 Å². The molecule has 1 saturated carbocycles. The molecule has 5 heteroatoms. The largest absolute Gasteiger partial charge is 0.338 e. The van der Waals surface area contributed by atoms with Crippen LogP contribution in [0.1, 0.15) is 36.9 Å². The van der Waals surface area contributed by atoms with Crippen LogP contribution in [0.4, 0.5) is 10.6 Å². The second-order valence-corrected chi connectivity index (χ2v) is 6.01. The Kier molecular flexibility index (Phi) is 4.13. The predicted molar refractivity (Wildman–Crippen MR) is 87.0 cm³/mol. The average molecular weight is 298 g/mol. The third kappa shape index (κ3) is 3.47. The van der Waals surface area contributed by atoms with Crippen molar-refractivity contribution < 1.29 is 4.79 Å². The quantitative estimate of drug-likeness (QED) is 0.889. The number of rotatable bonds is 5. The van der Waals surface area contributed by atoms with E-state index in [1.54, 1.807) is 0 Å². The van der Waals surface area contributed by atoms with E-state index in [1.807, 2.05) is 36.0 Å². The highest BCUT2D eigenvalue weighted by Gasteiger charge is 2.22. The molecule has 1 aliphatic carbocycles. The van der Waals surface area contributed by atoms with Gasteiger partial charge in [-0.1, -0.05) is 30.3 Å². The summed E-state index contributed by atoms with van der Waals surface area (Å²) in [4.78, 5) is 11.9. The number of carbonyl (C=O) groups excluding carboxylic acids is 1. The summed E-state index contributed by atoms with van der Waals surface area (Å²) in [5, 5.41) is 10.2. The summed E-state index contributed by atoms with van der Waals surface area (Å²) in [6.07, 6.45) is 4.42. The van der Waals surface area contributed by atoms with E-state index in [-0.39, 0.29) is 12.1 Å². The summed E-state index contributed by atoms with van der Waals surface area (Å²) < 4.78 is 1.89. The van der Waals surface area contributed by atoms with Gasteiger partial charge in [-0.3, -0.25) is 10.00 Å². The van der Waals surface area contributed by atoms with Crippen LogP contribution in [0.2, 0.25) is 0 Å². The molecule has 116 valence electrons. The highest BCUT2D eigenvalue weighted by atomic mass is 16.2. The first-order chi connectivity index (χ1) is 10.6. The SMILES string of the molecule is Cc1cn([C@@H](C)c2ccccc2)nc1NC(=O)NCC1CC1. The Bertz CT molecular complexity index is 646. The molecular weight excluding hydrogens is 276 g/mol. The average Bonchev–Trinajstić information content (AvgIpc) is 3.29. The standard InChI is InChI=1S/C17H22N4O/c1-12-11-21(13(2)15-6-4-3-5-7-15)20-16(12)19-17(22)18-10-14-8-9-14/h3-7,11,13-14H,8-10H2,1-2H3,(H2,18,19,20,22)/t13-/m0/s1. The Morgan fingerprint density at radius 3 is 2.77 bits per heavy atom. The van der Waals surface area contributed by atoms with Crippen LogP contribution in [-0.2, 0) is 0 Å². The fourth-order valence-electron chi connectivity index (χ4n) is 2.40. The molecule has 2 N–H and O–H groups in total. The minimum Gasteiger partial charge on any atom is -0.338 e. The number of carbonyl (C=O) groups is 1. The van der Waals surface area contributed by atoms with Crippen LogP contribution in [0.3, 0.4) is 0 Å². The van der Waals surface area contributed by atoms with Gasteiger partial charge in [-0.2, -0.15) is 5.10 Å². The Hall–Kier alpha value is -2.30. The van der Waals surface area contributed by atoms with E-state index in [0.717, 1.165) is 12.1 Å². The molecule has 2 aromatic rings. The van der Waals surface area contributed by atoms with Crippen molar-refractivity contribution in [2.45, 2.75) is 32.7 Å². The highest BCUT2D eigenvalue weighted by Crippen LogP contribution is 2.27. The number of aromatic nitrogens is 2. The van der Waals surface area contributed by atoms with Crippen LogP contribution in [0.15, 0.2) is 36.5 Å². The second kappa shape index (κ2) is 6.22. The van der Waals surface area contributed by atoms with Gasteiger partial charge in [-0.15, -0.1) is 0 Å². The molecule has 0 bridgehead atoms. The van der Waals surface area contributed by atoms with Gasteiger partial charge in [0.15, 0.2) is 5.82 Å². The summed E-state index contributed by atoms with van der Waals surface area (Å²) in [5.41, 5.74) is 2.15. The van der Waals surface area contributed by atoms with Crippen LogP contribution in [0.25, 0.3) is 0 Å². The fourth-order valence-corrected chi connectivity index (χ4v) is 2.40. The third-order valence-electron chi connectivity index (χ3n) is 4.07. The molecule has 1 aromatic carbocycles. The number of aryl methyl sites for hydroxylation is 1. The lowest BCUT2D eigenvalue weighted by atomic mass is 10.1. The van der Waals surface area contributed by atoms with Crippen molar-refractivity contribution in [1.29, 1.82) is 0 Å². The zero-order chi connectivity index (χ0) is 15.5. The maximum Gasteiger partial charge on any atom is 0.320 e. The van der Waals surface area contributed by atoms with Crippen molar-refractivity contribution in [2.24, 2.45) is 5.92 Å². The van der Waals surface area contributed by atoms with Crippen LogP contribution in [-0.4, -0.2) is 22.4 Å². The Balaban J connectivity index is 1.66. The molecule has 1 fully saturated rings. The first-order valence-corrected chi connectivity index (χ1v) is 7.79. The number of urea groups is 1. The molecule has 0 unspecified atom stereocenters. The van der Waals surface area contributed by atoms with Gasteiger partial charge in [0.05, 0.1) is 6.04 Å². The van der Waals surface area contributed by atoms with Crippen LogP contribution < -0.4 is 10.6 Å². The van der Waals surface area contributed by atoms with Crippen molar-refractivity contribution in [2.75, 3.05) is 11.9 Å². The van der Waals surface area contributed by atoms with E-state index in [4.69, 9.17) is 0 Å². The molecule has 1 heterocycles. The van der Waals surface area contributed by atoms with Gasteiger partial charge >= 0.3 is 6.03 Å². The Labute approximate surface area is 130 Å². The molecular formula is C17H22N4O. The zero-order valence-corrected chi connectivity index (χ0v) is 13.0. The van der Waals surface area contributed by atoms with E-state index in [2.05, 4.69) is 34.8 Å². The molecule has 1 aliphatic rings. The Morgan fingerprint density at radius 2 is 2.09 bits per heavy atom. The van der Waals surface area contributed by atoms with Gasteiger partial charge in [-0.25, -0.2) is 4.79 Å². The predicted octanol–water partition coefficient (Wildman–Crippen LogP) is 3.33. The number of anilines is 1. The molecule has 0 aliphatic heterocycles. The summed E-state index contributed by atoms with van der Waals surface area (Å²) in [6, 6.07) is 10.2. The molecule has 5 nitrogen and oxygen atoms in total. The van der Waals surface area contributed by atoms with Crippen LogP contribution in [0.5, 0.6) is 0 Å². The van der Waals surface area contributed by atoms with Gasteiger partial charge < -0.3 is 5.32 Å². The number of amides is 2. The minimum absolute atomic E-state index is 0.130. The lowest BCUT2D eigenvalue weighted by molar-refractivity contribution is 0.251. The summed E-state index contributed by atoms with van der Waals surface area (Å²) in [6.45, 7) is 4.81. The van der Waals surface area contributed by atoms with Gasteiger partial charge in [0.25, 0.3) is 0 Å². The monoisotopic (exact) mass is 298 g/mol. The molecule has 3 rings (SSSR count). The lowest BCUT2D eigenvalue weighted by Crippen LogP contribution is -2.30. The summed E-state index contributed by atoms with van der Waals surface area (Å²) >= 11 is 0. The lowest BCUT2D eigenvalue weighted by Gasteiger charge is -2.12. The molecule has 0 radical (unpaired) electrons. The summed E-state index contributed by atoms with van der Waals surface area (Å²) in [5.74, 6) is 1.29. The smallest absolute Gasteiger partial charge is 0.320 e. The van der Waals surface area contributed by atoms with Crippen molar-refractivity contribution in [1.82, 2.24) is 15.1 Å². The second-order valence-electron chi connectivity index (χ2n) is 6.01. The number of benzene rings is 1. The van der Waals surface area contributed by atoms with E-state index < -0.39 is 0 Å². The van der Waals surface area contributed by atoms with Gasteiger partial charge in [0, 0.05) is 18.3 Å². The van der Waals surface area contributed by atoms with Crippen molar-refractivity contribution >= 4 is 11.8 Å². The van der Waals surface area contributed by atoms with E-state index in [1.165, 1.54) is 18.4 Å². The number of hydrogen-bond acceptors (Lipinski definition) is 2. The highest BCUT2D eigenvalue weighted by molar-refractivity contribution is 5.88. The van der Waals surface area contributed by atoms with Crippen molar-refractivity contribution in [3.8, 4) is 0 Å². The van der Waals surface area contributed by atoms with E-state index in [0.29, 0.717) is 11.7 Å². The van der Waals surface area contributed by atoms with Gasteiger partial charge in [0.2, 0.25) is 0 Å². The van der Waals surface area contributed by atoms with Crippen molar-refractivity contribution in [3.63, 3.8) is 0 Å². The molecule has 1 aromatic heterocycles. The molecule has 2 amide bonds. The zero-order valence-electron chi connectivity index (χ0n) is 13.0. The maximum absolute atomic E-state index is 11.9. The third-order valence-corrected chi connectivity index (χ3v) is 4.07. The first-order valence-electron chi connectivity index (χ1n) is 7.79. The molecule has 22 heavy (non-hydrogen) atoms. The molecule has 0 saturated heterocycles. The first kappa shape index (κ1) is 14.6.